The van der Waals surface area contributed by atoms with Crippen LogP contribution >= 0.6 is 0 Å². The summed E-state index contributed by atoms with van der Waals surface area (Å²) in [4.78, 5) is 12.2. The molecule has 20 heavy (non-hydrogen) atoms. The summed E-state index contributed by atoms with van der Waals surface area (Å²) in [6.45, 7) is 6.31. The highest BCUT2D eigenvalue weighted by Gasteiger charge is 2.54. The summed E-state index contributed by atoms with van der Waals surface area (Å²) in [6, 6.07) is 0.388. The molecule has 0 radical (unpaired) electrons. The first-order chi connectivity index (χ1) is 9.36. The summed E-state index contributed by atoms with van der Waals surface area (Å²) in [7, 11) is 0. The van der Waals surface area contributed by atoms with Crippen molar-refractivity contribution in [3.63, 3.8) is 0 Å². The number of hydrogen-bond acceptors (Lipinski definition) is 2. The van der Waals surface area contributed by atoms with E-state index in [1.807, 2.05) is 0 Å². The lowest BCUT2D eigenvalue weighted by Crippen LogP contribution is -2.46. The molecule has 0 aliphatic heterocycles. The Labute approximate surface area is 123 Å². The van der Waals surface area contributed by atoms with Gasteiger partial charge in [-0.1, -0.05) is 27.2 Å². The van der Waals surface area contributed by atoms with Crippen molar-refractivity contribution in [3.05, 3.63) is 0 Å². The van der Waals surface area contributed by atoms with Gasteiger partial charge in [0, 0.05) is 18.5 Å². The van der Waals surface area contributed by atoms with Crippen LogP contribution in [0.2, 0.25) is 0 Å². The Morgan fingerprint density at radius 3 is 2.60 bits per heavy atom. The molecule has 3 aliphatic carbocycles. The number of nitrogens with two attached hydrogens (primary N) is 1. The Hall–Kier alpha value is -0.570. The van der Waals surface area contributed by atoms with E-state index in [2.05, 4.69) is 26.1 Å². The van der Waals surface area contributed by atoms with Gasteiger partial charge in [0.05, 0.1) is 0 Å². The molecule has 3 aliphatic rings. The van der Waals surface area contributed by atoms with Gasteiger partial charge in [-0.25, -0.2) is 0 Å². The monoisotopic (exact) mass is 278 g/mol. The van der Waals surface area contributed by atoms with Crippen molar-refractivity contribution in [2.45, 2.75) is 71.4 Å². The molecule has 6 atom stereocenters. The normalized spacial score (nSPS) is 40.7. The van der Waals surface area contributed by atoms with Gasteiger partial charge in [0.2, 0.25) is 5.91 Å². The van der Waals surface area contributed by atoms with Crippen molar-refractivity contribution in [2.24, 2.45) is 34.8 Å². The molecule has 3 saturated carbocycles. The molecular formula is C17H30N2O. The van der Waals surface area contributed by atoms with Crippen LogP contribution in [-0.4, -0.2) is 18.0 Å². The number of hydrogen-bond donors (Lipinski definition) is 2. The van der Waals surface area contributed by atoms with Crippen LogP contribution in [0.15, 0.2) is 0 Å². The first-order valence-corrected chi connectivity index (χ1v) is 8.41. The van der Waals surface area contributed by atoms with Crippen LogP contribution in [0, 0.1) is 29.1 Å². The van der Waals surface area contributed by atoms with E-state index in [0.717, 1.165) is 23.7 Å². The van der Waals surface area contributed by atoms with Gasteiger partial charge < -0.3 is 11.1 Å². The second kappa shape index (κ2) is 5.01. The fourth-order valence-corrected chi connectivity index (χ4v) is 5.01. The number of carbonyl (C=O) groups excluding carboxylic acids is 1. The number of fused-ring (bicyclic) bond motifs is 5. The molecule has 114 valence electrons. The molecule has 0 aromatic rings. The van der Waals surface area contributed by atoms with Crippen LogP contribution < -0.4 is 11.1 Å². The smallest absolute Gasteiger partial charge is 0.221 e. The van der Waals surface area contributed by atoms with Crippen molar-refractivity contribution < 1.29 is 4.79 Å². The van der Waals surface area contributed by atoms with Crippen LogP contribution in [0.3, 0.4) is 0 Å². The van der Waals surface area contributed by atoms with Crippen molar-refractivity contribution >= 4 is 5.91 Å². The molecule has 3 heteroatoms. The molecule has 3 nitrogen and oxygen atoms in total. The number of amides is 1. The zero-order valence-electron chi connectivity index (χ0n) is 13.2. The minimum absolute atomic E-state index is 0.00255. The Morgan fingerprint density at radius 1 is 1.20 bits per heavy atom. The standard InChI is InChI=1S/C17H30N2O/c1-17(2,3)15(18)9-16(20)19-14-8-10-7-13(14)12-6-4-5-11(10)12/h10-15H,4-9,18H2,1-3H3,(H,19,20). The van der Waals surface area contributed by atoms with Crippen molar-refractivity contribution in [3.8, 4) is 0 Å². The average Bonchev–Trinajstić information content (AvgIpc) is 2.97. The zero-order chi connectivity index (χ0) is 14.5. The summed E-state index contributed by atoms with van der Waals surface area (Å²) in [5.41, 5.74) is 6.13. The quantitative estimate of drug-likeness (QED) is 0.834. The maximum absolute atomic E-state index is 12.2. The fourth-order valence-electron chi connectivity index (χ4n) is 5.01. The van der Waals surface area contributed by atoms with Gasteiger partial charge in [0.25, 0.3) is 0 Å². The molecule has 1 amide bonds. The lowest BCUT2D eigenvalue weighted by molar-refractivity contribution is -0.123. The van der Waals surface area contributed by atoms with Crippen molar-refractivity contribution in [1.82, 2.24) is 5.32 Å². The van der Waals surface area contributed by atoms with E-state index in [4.69, 9.17) is 5.73 Å². The summed E-state index contributed by atoms with van der Waals surface area (Å²) in [5.74, 6) is 3.73. The molecule has 0 spiro atoms. The van der Waals surface area contributed by atoms with Crippen LogP contribution in [0.25, 0.3) is 0 Å². The maximum atomic E-state index is 12.2. The molecule has 0 aromatic carbocycles. The molecule has 0 saturated heterocycles. The van der Waals surface area contributed by atoms with E-state index in [-0.39, 0.29) is 17.4 Å². The lowest BCUT2D eigenvalue weighted by atomic mass is 9.79. The van der Waals surface area contributed by atoms with E-state index in [0.29, 0.717) is 12.5 Å². The molecule has 2 bridgehead atoms. The summed E-state index contributed by atoms with van der Waals surface area (Å²) < 4.78 is 0. The van der Waals surface area contributed by atoms with Gasteiger partial charge in [0.1, 0.15) is 0 Å². The fraction of sp³-hybridized carbons (Fsp3) is 0.941. The Kier molecular flexibility index (Phi) is 3.60. The highest BCUT2D eigenvalue weighted by molar-refractivity contribution is 5.77. The first kappa shape index (κ1) is 14.4. The van der Waals surface area contributed by atoms with Gasteiger partial charge in [0.15, 0.2) is 0 Å². The summed E-state index contributed by atoms with van der Waals surface area (Å²) >= 11 is 0. The third-order valence-electron chi connectivity index (χ3n) is 6.29. The van der Waals surface area contributed by atoms with Crippen molar-refractivity contribution in [2.75, 3.05) is 0 Å². The van der Waals surface area contributed by atoms with Crippen LogP contribution in [-0.2, 0) is 4.79 Å². The highest BCUT2D eigenvalue weighted by Crippen LogP contribution is 2.58. The highest BCUT2D eigenvalue weighted by atomic mass is 16.1. The maximum Gasteiger partial charge on any atom is 0.221 e. The Bertz CT molecular complexity index is 387. The topological polar surface area (TPSA) is 55.1 Å². The van der Waals surface area contributed by atoms with Crippen LogP contribution in [0.5, 0.6) is 0 Å². The molecule has 0 heterocycles. The molecular weight excluding hydrogens is 248 g/mol. The van der Waals surface area contributed by atoms with Crippen molar-refractivity contribution in [1.29, 1.82) is 0 Å². The van der Waals surface area contributed by atoms with E-state index < -0.39 is 0 Å². The SMILES string of the molecule is CC(C)(C)C(N)CC(=O)NC1CC2CC1C1CCCC21. The van der Waals surface area contributed by atoms with E-state index in [1.54, 1.807) is 0 Å². The lowest BCUT2D eigenvalue weighted by Gasteiger charge is -2.33. The first-order valence-electron chi connectivity index (χ1n) is 8.41. The largest absolute Gasteiger partial charge is 0.353 e. The summed E-state index contributed by atoms with van der Waals surface area (Å²) in [6.07, 6.45) is 7.32. The zero-order valence-corrected chi connectivity index (χ0v) is 13.2. The van der Waals surface area contributed by atoms with Gasteiger partial charge in [-0.3, -0.25) is 4.79 Å². The summed E-state index contributed by atoms with van der Waals surface area (Å²) in [5, 5.41) is 3.31. The molecule has 3 fully saturated rings. The van der Waals surface area contributed by atoms with E-state index in [1.165, 1.54) is 32.1 Å². The third-order valence-corrected chi connectivity index (χ3v) is 6.29. The molecule has 6 unspecified atom stereocenters. The van der Waals surface area contributed by atoms with Gasteiger partial charge in [-0.15, -0.1) is 0 Å². The minimum atomic E-state index is -0.0553. The minimum Gasteiger partial charge on any atom is -0.353 e. The van der Waals surface area contributed by atoms with Gasteiger partial charge >= 0.3 is 0 Å². The second-order valence-corrected chi connectivity index (χ2v) is 8.50. The Morgan fingerprint density at radius 2 is 1.90 bits per heavy atom. The third kappa shape index (κ3) is 2.49. The number of nitrogens with one attached hydrogen (secondary N) is 1. The predicted octanol–water partition coefficient (Wildman–Crippen LogP) is 2.69. The number of carbonyl (C=O) groups is 1. The van der Waals surface area contributed by atoms with E-state index in [9.17, 15) is 4.79 Å². The van der Waals surface area contributed by atoms with E-state index >= 15 is 0 Å². The van der Waals surface area contributed by atoms with Crippen LogP contribution in [0.4, 0.5) is 0 Å². The average molecular weight is 278 g/mol. The molecule has 3 N–H and O–H groups in total. The second-order valence-electron chi connectivity index (χ2n) is 8.50. The predicted molar refractivity (Wildman–Crippen MR) is 81.0 cm³/mol. The molecule has 3 rings (SSSR count). The number of rotatable bonds is 3. The Balaban J connectivity index is 1.53. The van der Waals surface area contributed by atoms with Gasteiger partial charge in [-0.05, 0) is 54.8 Å². The van der Waals surface area contributed by atoms with Crippen LogP contribution in [0.1, 0.15) is 59.3 Å². The molecule has 0 aromatic heterocycles. The van der Waals surface area contributed by atoms with Gasteiger partial charge in [-0.2, -0.15) is 0 Å².